The molecule has 0 aliphatic carbocycles. The SMILES string of the molecule is O=C(Nc1ccc2c(c1)OCCO2)c1cnc(-c2ccc(F)cc2)nc1-c1ccncc1. The number of fused-ring (bicyclic) bond motifs is 1. The first kappa shape index (κ1) is 19.6. The molecule has 5 rings (SSSR count). The minimum absolute atomic E-state index is 0.289. The second kappa shape index (κ2) is 8.43. The quantitative estimate of drug-likeness (QED) is 0.520. The Bertz CT molecular complexity index is 1280. The van der Waals surface area contributed by atoms with Crippen molar-refractivity contribution in [2.24, 2.45) is 0 Å². The molecule has 0 bridgehead atoms. The average molecular weight is 428 g/mol. The standard InChI is InChI=1S/C24H17FN4O3/c25-17-3-1-16(2-4-17)23-27-14-19(22(29-23)15-7-9-26-10-8-15)24(30)28-18-5-6-20-21(13-18)32-12-11-31-20/h1-10,13-14H,11-12H2,(H,28,30). The van der Waals surface area contributed by atoms with Gasteiger partial charge in [0, 0.05) is 41.5 Å². The molecule has 0 fully saturated rings. The summed E-state index contributed by atoms with van der Waals surface area (Å²) < 4.78 is 24.4. The molecule has 2 aromatic heterocycles. The maximum atomic E-state index is 13.3. The molecule has 1 N–H and O–H groups in total. The Labute approximate surface area is 182 Å². The fourth-order valence-corrected chi connectivity index (χ4v) is 3.34. The molecular formula is C24H17FN4O3. The largest absolute Gasteiger partial charge is 0.486 e. The normalized spacial score (nSPS) is 12.3. The van der Waals surface area contributed by atoms with Crippen molar-refractivity contribution in [3.8, 4) is 34.1 Å². The van der Waals surface area contributed by atoms with Gasteiger partial charge in [-0.1, -0.05) is 0 Å². The van der Waals surface area contributed by atoms with Gasteiger partial charge in [-0.05, 0) is 48.5 Å². The fourth-order valence-electron chi connectivity index (χ4n) is 3.34. The molecule has 0 radical (unpaired) electrons. The van der Waals surface area contributed by atoms with Gasteiger partial charge in [0.2, 0.25) is 0 Å². The second-order valence-electron chi connectivity index (χ2n) is 7.01. The van der Waals surface area contributed by atoms with Crippen LogP contribution in [0.5, 0.6) is 11.5 Å². The lowest BCUT2D eigenvalue weighted by atomic mass is 10.1. The van der Waals surface area contributed by atoms with E-state index in [1.165, 1.54) is 18.3 Å². The number of nitrogens with one attached hydrogen (secondary N) is 1. The van der Waals surface area contributed by atoms with Gasteiger partial charge in [-0.25, -0.2) is 14.4 Å². The Morgan fingerprint density at radius 1 is 0.906 bits per heavy atom. The van der Waals surface area contributed by atoms with Gasteiger partial charge in [0.15, 0.2) is 17.3 Å². The minimum atomic E-state index is -0.376. The fraction of sp³-hybridized carbons (Fsp3) is 0.0833. The van der Waals surface area contributed by atoms with Crippen LogP contribution in [0.15, 0.2) is 73.2 Å². The van der Waals surface area contributed by atoms with E-state index in [2.05, 4.69) is 20.3 Å². The lowest BCUT2D eigenvalue weighted by Gasteiger charge is -2.19. The molecule has 3 heterocycles. The summed E-state index contributed by atoms with van der Waals surface area (Å²) in [6.07, 6.45) is 4.71. The molecule has 1 aliphatic rings. The molecule has 2 aromatic carbocycles. The Morgan fingerprint density at radius 3 is 2.44 bits per heavy atom. The lowest BCUT2D eigenvalue weighted by molar-refractivity contribution is 0.102. The van der Waals surface area contributed by atoms with Crippen LogP contribution in [0.25, 0.3) is 22.6 Å². The number of rotatable bonds is 4. The number of hydrogen-bond acceptors (Lipinski definition) is 6. The first-order chi connectivity index (χ1) is 15.7. The highest BCUT2D eigenvalue weighted by atomic mass is 19.1. The summed E-state index contributed by atoms with van der Waals surface area (Å²) in [7, 11) is 0. The smallest absolute Gasteiger partial charge is 0.259 e. The molecule has 1 aliphatic heterocycles. The number of nitrogens with zero attached hydrogens (tertiary/aromatic N) is 3. The first-order valence-corrected chi connectivity index (χ1v) is 9.92. The summed E-state index contributed by atoms with van der Waals surface area (Å²) >= 11 is 0. The number of benzene rings is 2. The predicted molar refractivity (Wildman–Crippen MR) is 116 cm³/mol. The number of pyridine rings is 1. The summed E-state index contributed by atoms with van der Waals surface area (Å²) in [6.45, 7) is 0.945. The van der Waals surface area contributed by atoms with E-state index in [9.17, 15) is 9.18 Å². The van der Waals surface area contributed by atoms with Gasteiger partial charge >= 0.3 is 0 Å². The van der Waals surface area contributed by atoms with Gasteiger partial charge in [-0.3, -0.25) is 9.78 Å². The number of carbonyl (C=O) groups is 1. The molecule has 0 spiro atoms. The third kappa shape index (κ3) is 3.98. The van der Waals surface area contributed by atoms with Crippen LogP contribution in [0.2, 0.25) is 0 Å². The van der Waals surface area contributed by atoms with Crippen molar-refractivity contribution in [3.05, 3.63) is 84.6 Å². The maximum absolute atomic E-state index is 13.3. The van der Waals surface area contributed by atoms with Crippen LogP contribution in [0.1, 0.15) is 10.4 Å². The van der Waals surface area contributed by atoms with Gasteiger partial charge in [-0.2, -0.15) is 0 Å². The van der Waals surface area contributed by atoms with Gasteiger partial charge < -0.3 is 14.8 Å². The number of hydrogen-bond donors (Lipinski definition) is 1. The van der Waals surface area contributed by atoms with E-state index >= 15 is 0 Å². The lowest BCUT2D eigenvalue weighted by Crippen LogP contribution is -2.17. The van der Waals surface area contributed by atoms with Crippen molar-refractivity contribution in [1.29, 1.82) is 0 Å². The number of amides is 1. The third-order valence-electron chi connectivity index (χ3n) is 4.89. The summed E-state index contributed by atoms with van der Waals surface area (Å²) in [5.74, 6) is 0.871. The molecule has 8 heteroatoms. The molecule has 4 aromatic rings. The van der Waals surface area contributed by atoms with Gasteiger partial charge in [-0.15, -0.1) is 0 Å². The summed E-state index contributed by atoms with van der Waals surface area (Å²) in [5, 5.41) is 2.87. The zero-order valence-electron chi connectivity index (χ0n) is 16.8. The van der Waals surface area contributed by atoms with Crippen molar-refractivity contribution in [1.82, 2.24) is 15.0 Å². The highest BCUT2D eigenvalue weighted by Gasteiger charge is 2.19. The van der Waals surface area contributed by atoms with Crippen molar-refractivity contribution in [2.45, 2.75) is 0 Å². The Hall–Kier alpha value is -4.33. The first-order valence-electron chi connectivity index (χ1n) is 9.92. The second-order valence-corrected chi connectivity index (χ2v) is 7.01. The molecular weight excluding hydrogens is 411 g/mol. The Morgan fingerprint density at radius 2 is 1.66 bits per heavy atom. The molecule has 0 unspecified atom stereocenters. The minimum Gasteiger partial charge on any atom is -0.486 e. The van der Waals surface area contributed by atoms with Crippen LogP contribution in [0.4, 0.5) is 10.1 Å². The molecule has 0 saturated carbocycles. The molecule has 32 heavy (non-hydrogen) atoms. The summed E-state index contributed by atoms with van der Waals surface area (Å²) in [4.78, 5) is 26.1. The Kier molecular flexibility index (Phi) is 5.17. The number of halogens is 1. The zero-order chi connectivity index (χ0) is 21.9. The van der Waals surface area contributed by atoms with Crippen molar-refractivity contribution in [3.63, 3.8) is 0 Å². The monoisotopic (exact) mass is 428 g/mol. The van der Waals surface area contributed by atoms with Crippen molar-refractivity contribution >= 4 is 11.6 Å². The highest BCUT2D eigenvalue weighted by molar-refractivity contribution is 6.08. The van der Waals surface area contributed by atoms with Crippen LogP contribution >= 0.6 is 0 Å². The predicted octanol–water partition coefficient (Wildman–Crippen LogP) is 4.37. The highest BCUT2D eigenvalue weighted by Crippen LogP contribution is 2.33. The van der Waals surface area contributed by atoms with E-state index in [1.807, 2.05) is 0 Å². The molecule has 7 nitrogen and oxygen atoms in total. The van der Waals surface area contributed by atoms with Crippen LogP contribution in [-0.2, 0) is 0 Å². The van der Waals surface area contributed by atoms with Gasteiger partial charge in [0.25, 0.3) is 5.91 Å². The number of ether oxygens (including phenoxy) is 2. The van der Waals surface area contributed by atoms with Crippen molar-refractivity contribution in [2.75, 3.05) is 18.5 Å². The summed E-state index contributed by atoms with van der Waals surface area (Å²) in [5.41, 5.74) is 2.63. The molecule has 0 atom stereocenters. The summed E-state index contributed by atoms with van der Waals surface area (Å²) in [6, 6.07) is 14.6. The van der Waals surface area contributed by atoms with E-state index in [0.29, 0.717) is 53.0 Å². The van der Waals surface area contributed by atoms with Gasteiger partial charge in [0.05, 0.1) is 11.3 Å². The van der Waals surface area contributed by atoms with E-state index < -0.39 is 0 Å². The molecule has 158 valence electrons. The van der Waals surface area contributed by atoms with Crippen LogP contribution in [-0.4, -0.2) is 34.1 Å². The van der Waals surface area contributed by atoms with Crippen LogP contribution < -0.4 is 14.8 Å². The number of carbonyl (C=O) groups excluding carboxylic acids is 1. The van der Waals surface area contributed by atoms with E-state index in [4.69, 9.17) is 9.47 Å². The van der Waals surface area contributed by atoms with E-state index in [-0.39, 0.29) is 17.3 Å². The zero-order valence-corrected chi connectivity index (χ0v) is 16.8. The van der Waals surface area contributed by atoms with Gasteiger partial charge in [0.1, 0.15) is 19.0 Å². The maximum Gasteiger partial charge on any atom is 0.259 e. The number of aromatic nitrogens is 3. The van der Waals surface area contributed by atoms with E-state index in [0.717, 1.165) is 0 Å². The molecule has 1 amide bonds. The van der Waals surface area contributed by atoms with Crippen LogP contribution in [0.3, 0.4) is 0 Å². The van der Waals surface area contributed by atoms with E-state index in [1.54, 1.807) is 54.9 Å². The number of anilines is 1. The third-order valence-corrected chi connectivity index (χ3v) is 4.89. The van der Waals surface area contributed by atoms with Crippen molar-refractivity contribution < 1.29 is 18.7 Å². The topological polar surface area (TPSA) is 86.2 Å². The van der Waals surface area contributed by atoms with Crippen LogP contribution in [0, 0.1) is 5.82 Å². The Balaban J connectivity index is 1.51. The molecule has 0 saturated heterocycles. The average Bonchev–Trinajstić information content (AvgIpc) is 2.84.